The minimum absolute atomic E-state index is 0.139. The molecule has 1 saturated heterocycles. The van der Waals surface area contributed by atoms with E-state index in [0.29, 0.717) is 6.42 Å². The maximum Gasteiger partial charge on any atom is 0.220 e. The van der Waals surface area contributed by atoms with E-state index in [4.69, 9.17) is 0 Å². The molecule has 0 bridgehead atoms. The van der Waals surface area contributed by atoms with E-state index in [1.54, 1.807) is 0 Å². The van der Waals surface area contributed by atoms with Gasteiger partial charge in [-0.1, -0.05) is 30.3 Å². The molecule has 0 spiro atoms. The van der Waals surface area contributed by atoms with Crippen LogP contribution in [-0.2, 0) is 17.8 Å². The summed E-state index contributed by atoms with van der Waals surface area (Å²) in [7, 11) is 0. The second kappa shape index (κ2) is 5.49. The number of carbonyl (C=O) groups excluding carboxylic acids is 1. The molecule has 0 saturated carbocycles. The van der Waals surface area contributed by atoms with Crippen LogP contribution in [0.3, 0.4) is 0 Å². The van der Waals surface area contributed by atoms with Gasteiger partial charge in [0.2, 0.25) is 5.91 Å². The van der Waals surface area contributed by atoms with Crippen molar-refractivity contribution in [2.75, 3.05) is 0 Å². The number of benzene rings is 1. The van der Waals surface area contributed by atoms with Crippen molar-refractivity contribution in [3.8, 4) is 0 Å². The van der Waals surface area contributed by atoms with E-state index in [1.807, 2.05) is 29.1 Å². The van der Waals surface area contributed by atoms with Crippen molar-refractivity contribution in [3.63, 3.8) is 0 Å². The summed E-state index contributed by atoms with van der Waals surface area (Å²) in [4.78, 5) is 11.8. The van der Waals surface area contributed by atoms with Gasteiger partial charge in [0.25, 0.3) is 0 Å². The van der Waals surface area contributed by atoms with E-state index < -0.39 is 0 Å². The number of rotatable bonds is 4. The monoisotopic (exact) mass is 269 g/mol. The molecule has 4 nitrogen and oxygen atoms in total. The van der Waals surface area contributed by atoms with Crippen LogP contribution in [-0.4, -0.2) is 21.7 Å². The van der Waals surface area contributed by atoms with Crippen molar-refractivity contribution >= 4 is 5.91 Å². The Morgan fingerprint density at radius 1 is 1.35 bits per heavy atom. The molecule has 1 aliphatic heterocycles. The summed E-state index contributed by atoms with van der Waals surface area (Å²) in [6.07, 6.45) is 5.39. The van der Waals surface area contributed by atoms with Gasteiger partial charge < -0.3 is 5.32 Å². The Hall–Kier alpha value is -2.10. The maximum absolute atomic E-state index is 11.8. The Bertz CT molecular complexity index is 591. The molecule has 1 aliphatic rings. The number of carbonyl (C=O) groups is 1. The lowest BCUT2D eigenvalue weighted by Crippen LogP contribution is -2.30. The molecule has 1 amide bonds. The number of nitrogens with one attached hydrogen (secondary N) is 1. The van der Waals surface area contributed by atoms with Crippen LogP contribution in [0.4, 0.5) is 0 Å². The normalized spacial score (nSPS) is 21.9. The van der Waals surface area contributed by atoms with E-state index >= 15 is 0 Å². The minimum atomic E-state index is 0.139. The standard InChI is InChI=1S/C16H19N3O/c1-2-19-11-13(10-17-19)14-9-16(20)18-15(14)8-12-6-4-3-5-7-12/h3-7,10-11,14-15H,2,8-9H2,1H3,(H,18,20). The molecular weight excluding hydrogens is 250 g/mol. The second-order valence-corrected chi connectivity index (χ2v) is 5.30. The summed E-state index contributed by atoms with van der Waals surface area (Å²) in [6, 6.07) is 10.5. The average molecular weight is 269 g/mol. The zero-order chi connectivity index (χ0) is 13.9. The number of nitrogens with zero attached hydrogens (tertiary/aromatic N) is 2. The highest BCUT2D eigenvalue weighted by atomic mass is 16.2. The lowest BCUT2D eigenvalue weighted by Gasteiger charge is -2.17. The van der Waals surface area contributed by atoms with E-state index in [-0.39, 0.29) is 17.9 Å². The van der Waals surface area contributed by atoms with Crippen LogP contribution in [0.2, 0.25) is 0 Å². The predicted octanol–water partition coefficient (Wildman–Crippen LogP) is 2.12. The van der Waals surface area contributed by atoms with Crippen molar-refractivity contribution in [2.24, 2.45) is 0 Å². The van der Waals surface area contributed by atoms with Gasteiger partial charge in [-0.15, -0.1) is 0 Å². The molecule has 1 aromatic carbocycles. The van der Waals surface area contributed by atoms with Gasteiger partial charge in [-0.2, -0.15) is 5.10 Å². The van der Waals surface area contributed by atoms with Gasteiger partial charge in [0.15, 0.2) is 0 Å². The van der Waals surface area contributed by atoms with Crippen molar-refractivity contribution in [1.82, 2.24) is 15.1 Å². The van der Waals surface area contributed by atoms with E-state index in [1.165, 1.54) is 5.56 Å². The van der Waals surface area contributed by atoms with Crippen molar-refractivity contribution in [3.05, 3.63) is 53.9 Å². The van der Waals surface area contributed by atoms with Gasteiger partial charge in [0.1, 0.15) is 0 Å². The lowest BCUT2D eigenvalue weighted by molar-refractivity contribution is -0.119. The average Bonchev–Trinajstić information content (AvgIpc) is 3.06. The highest BCUT2D eigenvalue weighted by Crippen LogP contribution is 2.30. The Labute approximate surface area is 118 Å². The molecule has 3 rings (SSSR count). The highest BCUT2D eigenvalue weighted by molar-refractivity contribution is 5.80. The molecule has 0 radical (unpaired) electrons. The first kappa shape index (κ1) is 12.9. The summed E-state index contributed by atoms with van der Waals surface area (Å²) in [5, 5.41) is 7.43. The molecule has 1 N–H and O–H groups in total. The van der Waals surface area contributed by atoms with Crippen LogP contribution in [0.5, 0.6) is 0 Å². The molecule has 4 heteroatoms. The Morgan fingerprint density at radius 3 is 2.85 bits per heavy atom. The van der Waals surface area contributed by atoms with Gasteiger partial charge in [0.05, 0.1) is 6.20 Å². The predicted molar refractivity (Wildman–Crippen MR) is 77.3 cm³/mol. The minimum Gasteiger partial charge on any atom is -0.352 e. The first-order chi connectivity index (χ1) is 9.76. The summed E-state index contributed by atoms with van der Waals surface area (Å²) in [5.41, 5.74) is 2.42. The van der Waals surface area contributed by atoms with Crippen LogP contribution in [0.1, 0.15) is 30.4 Å². The van der Waals surface area contributed by atoms with Crippen LogP contribution in [0.15, 0.2) is 42.7 Å². The van der Waals surface area contributed by atoms with E-state index in [0.717, 1.165) is 18.5 Å². The Kier molecular flexibility index (Phi) is 3.54. The number of aryl methyl sites for hydroxylation is 1. The SMILES string of the molecule is CCn1cc(C2CC(=O)NC2Cc2ccccc2)cn1. The van der Waals surface area contributed by atoms with Gasteiger partial charge in [-0.05, 0) is 24.5 Å². The third-order valence-corrected chi connectivity index (χ3v) is 3.94. The van der Waals surface area contributed by atoms with Crippen LogP contribution in [0, 0.1) is 0 Å². The summed E-state index contributed by atoms with van der Waals surface area (Å²) < 4.78 is 1.91. The number of aromatic nitrogens is 2. The molecule has 2 aromatic rings. The third-order valence-electron chi connectivity index (χ3n) is 3.94. The van der Waals surface area contributed by atoms with Crippen molar-refractivity contribution in [2.45, 2.75) is 38.3 Å². The fourth-order valence-corrected chi connectivity index (χ4v) is 2.86. The topological polar surface area (TPSA) is 46.9 Å². The van der Waals surface area contributed by atoms with Crippen LogP contribution >= 0.6 is 0 Å². The first-order valence-corrected chi connectivity index (χ1v) is 7.12. The number of hydrogen-bond acceptors (Lipinski definition) is 2. The zero-order valence-electron chi connectivity index (χ0n) is 11.6. The second-order valence-electron chi connectivity index (χ2n) is 5.30. The van der Waals surface area contributed by atoms with Crippen molar-refractivity contribution < 1.29 is 4.79 Å². The summed E-state index contributed by atoms with van der Waals surface area (Å²) in [6.45, 7) is 2.92. The molecular formula is C16H19N3O. The first-order valence-electron chi connectivity index (χ1n) is 7.12. The molecule has 2 atom stereocenters. The van der Waals surface area contributed by atoms with Gasteiger partial charge in [0, 0.05) is 31.1 Å². The quantitative estimate of drug-likeness (QED) is 0.924. The van der Waals surface area contributed by atoms with Crippen LogP contribution < -0.4 is 5.32 Å². The summed E-state index contributed by atoms with van der Waals surface area (Å²) >= 11 is 0. The molecule has 1 aromatic heterocycles. The Balaban J connectivity index is 1.79. The van der Waals surface area contributed by atoms with E-state index in [9.17, 15) is 4.79 Å². The van der Waals surface area contributed by atoms with Crippen molar-refractivity contribution in [1.29, 1.82) is 0 Å². The summed E-state index contributed by atoms with van der Waals surface area (Å²) in [5.74, 6) is 0.364. The Morgan fingerprint density at radius 2 is 2.15 bits per heavy atom. The lowest BCUT2D eigenvalue weighted by atomic mass is 9.90. The van der Waals surface area contributed by atoms with Gasteiger partial charge in [-0.3, -0.25) is 9.48 Å². The highest BCUT2D eigenvalue weighted by Gasteiger charge is 2.34. The van der Waals surface area contributed by atoms with E-state index in [2.05, 4.69) is 35.7 Å². The molecule has 2 heterocycles. The maximum atomic E-state index is 11.8. The molecule has 1 fully saturated rings. The van der Waals surface area contributed by atoms with Gasteiger partial charge >= 0.3 is 0 Å². The molecule has 20 heavy (non-hydrogen) atoms. The van der Waals surface area contributed by atoms with Gasteiger partial charge in [-0.25, -0.2) is 0 Å². The zero-order valence-corrected chi connectivity index (χ0v) is 11.6. The fraction of sp³-hybridized carbons (Fsp3) is 0.375. The van der Waals surface area contributed by atoms with Crippen LogP contribution in [0.25, 0.3) is 0 Å². The smallest absolute Gasteiger partial charge is 0.220 e. The number of amides is 1. The molecule has 104 valence electrons. The molecule has 0 aliphatic carbocycles. The fourth-order valence-electron chi connectivity index (χ4n) is 2.86. The largest absolute Gasteiger partial charge is 0.352 e. The number of hydrogen-bond donors (Lipinski definition) is 1. The third kappa shape index (κ3) is 2.59. The molecule has 2 unspecified atom stereocenters.